The minimum atomic E-state index is -3.23. The number of piperidine rings is 1. The molecule has 1 saturated heterocycles. The number of nitrogens with one attached hydrogen (secondary N) is 2. The van der Waals surface area contributed by atoms with Gasteiger partial charge >= 0.3 is 0 Å². The average Bonchev–Trinajstić information content (AvgIpc) is 3.12. The maximum Gasteiger partial charge on any atom is 0.248 e. The lowest BCUT2D eigenvalue weighted by atomic mass is 9.97. The molecule has 11 heteroatoms. The first-order valence-corrected chi connectivity index (χ1v) is 12.9. The van der Waals surface area contributed by atoms with E-state index in [1.807, 2.05) is 19.9 Å². The van der Waals surface area contributed by atoms with Crippen molar-refractivity contribution in [1.82, 2.24) is 14.1 Å². The highest BCUT2D eigenvalue weighted by molar-refractivity contribution is 7.89. The highest BCUT2D eigenvalue weighted by Gasteiger charge is 2.30. The molecule has 33 heavy (non-hydrogen) atoms. The topological polar surface area (TPSA) is 113 Å². The van der Waals surface area contributed by atoms with Crippen molar-refractivity contribution in [1.29, 1.82) is 0 Å². The number of anilines is 2. The van der Waals surface area contributed by atoms with E-state index in [9.17, 15) is 18.0 Å². The molecule has 2 N–H and O–H groups in total. The van der Waals surface area contributed by atoms with Crippen molar-refractivity contribution in [2.45, 2.75) is 46.6 Å². The Bertz CT molecular complexity index is 1140. The fraction of sp³-hybridized carbons (Fsp3) is 0.500. The molecule has 3 rings (SSSR count). The van der Waals surface area contributed by atoms with Crippen LogP contribution in [0, 0.1) is 19.8 Å². The molecule has 1 aliphatic heterocycles. The number of aryl methyl sites for hydroxylation is 2. The molecular formula is C22H30ClN5O4S. The predicted molar refractivity (Wildman–Crippen MR) is 129 cm³/mol. The van der Waals surface area contributed by atoms with Crippen LogP contribution in [0.2, 0.25) is 5.02 Å². The SMILES string of the molecule is CCS(=O)(=O)N1CCC(C(=O)Nc2ccc(NC(=O)C(C)n3nc(C)cc3C)c(Cl)c2)CC1. The van der Waals surface area contributed by atoms with Crippen LogP contribution in [0.15, 0.2) is 24.3 Å². The van der Waals surface area contributed by atoms with Crippen molar-refractivity contribution in [3.05, 3.63) is 40.7 Å². The molecule has 1 aliphatic rings. The largest absolute Gasteiger partial charge is 0.326 e. The van der Waals surface area contributed by atoms with E-state index < -0.39 is 16.1 Å². The molecule has 1 unspecified atom stereocenters. The maximum atomic E-state index is 12.7. The molecule has 1 aromatic carbocycles. The van der Waals surface area contributed by atoms with Crippen molar-refractivity contribution in [2.75, 3.05) is 29.5 Å². The van der Waals surface area contributed by atoms with Gasteiger partial charge in [0.05, 0.1) is 22.2 Å². The van der Waals surface area contributed by atoms with E-state index in [2.05, 4.69) is 15.7 Å². The van der Waals surface area contributed by atoms with Gasteiger partial charge < -0.3 is 10.6 Å². The molecule has 0 radical (unpaired) electrons. The number of amides is 2. The third-order valence-corrected chi connectivity index (χ3v) is 8.06. The number of carbonyl (C=O) groups is 2. The van der Waals surface area contributed by atoms with E-state index in [0.29, 0.717) is 42.3 Å². The minimum absolute atomic E-state index is 0.0607. The van der Waals surface area contributed by atoms with E-state index in [1.54, 1.807) is 36.7 Å². The molecule has 2 amide bonds. The van der Waals surface area contributed by atoms with Gasteiger partial charge in [-0.2, -0.15) is 5.10 Å². The van der Waals surface area contributed by atoms with Gasteiger partial charge in [-0.1, -0.05) is 11.6 Å². The zero-order chi connectivity index (χ0) is 24.3. The summed E-state index contributed by atoms with van der Waals surface area (Å²) in [6.07, 6.45) is 0.939. The smallest absolute Gasteiger partial charge is 0.248 e. The van der Waals surface area contributed by atoms with Gasteiger partial charge in [0, 0.05) is 30.4 Å². The standard InChI is InChI=1S/C22H30ClN5O4S/c1-5-33(31,32)27-10-8-17(9-11-27)22(30)24-18-6-7-20(19(23)13-18)25-21(29)16(4)28-15(3)12-14(2)26-28/h6-7,12-13,16-17H,5,8-11H2,1-4H3,(H,24,30)(H,25,29). The van der Waals surface area contributed by atoms with Crippen molar-refractivity contribution < 1.29 is 18.0 Å². The highest BCUT2D eigenvalue weighted by atomic mass is 35.5. The summed E-state index contributed by atoms with van der Waals surface area (Å²) in [5.41, 5.74) is 2.67. The first-order valence-electron chi connectivity index (χ1n) is 10.9. The van der Waals surface area contributed by atoms with Gasteiger partial charge in [-0.25, -0.2) is 12.7 Å². The van der Waals surface area contributed by atoms with Crippen LogP contribution in [0.3, 0.4) is 0 Å². The fourth-order valence-corrected chi connectivity index (χ4v) is 5.26. The van der Waals surface area contributed by atoms with E-state index in [1.165, 1.54) is 4.31 Å². The Hall–Kier alpha value is -2.43. The van der Waals surface area contributed by atoms with Crippen LogP contribution in [0.4, 0.5) is 11.4 Å². The number of hydrogen-bond acceptors (Lipinski definition) is 5. The summed E-state index contributed by atoms with van der Waals surface area (Å²) in [5.74, 6) is -0.637. The van der Waals surface area contributed by atoms with Crippen LogP contribution in [-0.2, 0) is 19.6 Å². The Kier molecular flexibility index (Phi) is 7.81. The number of halogens is 1. The van der Waals surface area contributed by atoms with Crippen LogP contribution in [0.5, 0.6) is 0 Å². The number of benzene rings is 1. The molecule has 2 heterocycles. The Labute approximate surface area is 199 Å². The summed E-state index contributed by atoms with van der Waals surface area (Å²) in [4.78, 5) is 25.3. The molecule has 0 bridgehead atoms. The lowest BCUT2D eigenvalue weighted by Crippen LogP contribution is -2.42. The number of carbonyl (C=O) groups excluding carboxylic acids is 2. The highest BCUT2D eigenvalue weighted by Crippen LogP contribution is 2.28. The monoisotopic (exact) mass is 495 g/mol. The molecule has 0 aliphatic carbocycles. The second kappa shape index (κ2) is 10.2. The van der Waals surface area contributed by atoms with Gasteiger partial charge in [-0.15, -0.1) is 0 Å². The van der Waals surface area contributed by atoms with Crippen LogP contribution < -0.4 is 10.6 Å². The molecule has 180 valence electrons. The third-order valence-electron chi connectivity index (χ3n) is 5.87. The summed E-state index contributed by atoms with van der Waals surface area (Å²) in [5, 5.41) is 10.3. The lowest BCUT2D eigenvalue weighted by Gasteiger charge is -2.30. The Balaban J connectivity index is 1.59. The molecule has 2 aromatic rings. The van der Waals surface area contributed by atoms with E-state index >= 15 is 0 Å². The number of aromatic nitrogens is 2. The normalized spacial score (nSPS) is 16.4. The first kappa shape index (κ1) is 25.2. The van der Waals surface area contributed by atoms with Crippen molar-refractivity contribution in [3.63, 3.8) is 0 Å². The Morgan fingerprint density at radius 1 is 1.18 bits per heavy atom. The first-order chi connectivity index (χ1) is 15.5. The number of rotatable bonds is 7. The van der Waals surface area contributed by atoms with Crippen LogP contribution in [-0.4, -0.2) is 53.2 Å². The summed E-state index contributed by atoms with van der Waals surface area (Å²) in [7, 11) is -3.23. The molecule has 9 nitrogen and oxygen atoms in total. The average molecular weight is 496 g/mol. The molecule has 0 saturated carbocycles. The third kappa shape index (κ3) is 5.93. The van der Waals surface area contributed by atoms with Gasteiger partial charge in [0.15, 0.2) is 0 Å². The summed E-state index contributed by atoms with van der Waals surface area (Å²) >= 11 is 6.35. The van der Waals surface area contributed by atoms with Crippen molar-refractivity contribution >= 4 is 44.8 Å². The van der Waals surface area contributed by atoms with Gasteiger partial charge in [0.2, 0.25) is 21.8 Å². The molecule has 1 aromatic heterocycles. The van der Waals surface area contributed by atoms with E-state index in [-0.39, 0.29) is 23.5 Å². The molecule has 1 atom stereocenters. The second-order valence-corrected chi connectivity index (χ2v) is 11.0. The van der Waals surface area contributed by atoms with Gasteiger partial charge in [0.1, 0.15) is 6.04 Å². The number of nitrogens with zero attached hydrogens (tertiary/aromatic N) is 3. The predicted octanol–water partition coefficient (Wildman–Crippen LogP) is 3.35. The van der Waals surface area contributed by atoms with Gasteiger partial charge in [-0.05, 0) is 64.8 Å². The van der Waals surface area contributed by atoms with Crippen molar-refractivity contribution in [3.8, 4) is 0 Å². The van der Waals surface area contributed by atoms with E-state index in [0.717, 1.165) is 11.4 Å². The lowest BCUT2D eigenvalue weighted by molar-refractivity contribution is -0.121. The molecule has 1 fully saturated rings. The fourth-order valence-electron chi connectivity index (χ4n) is 3.90. The van der Waals surface area contributed by atoms with Crippen LogP contribution >= 0.6 is 11.6 Å². The summed E-state index contributed by atoms with van der Waals surface area (Å²) < 4.78 is 27.1. The zero-order valence-corrected chi connectivity index (χ0v) is 20.8. The minimum Gasteiger partial charge on any atom is -0.326 e. The van der Waals surface area contributed by atoms with Crippen LogP contribution in [0.25, 0.3) is 0 Å². The second-order valence-electron chi connectivity index (χ2n) is 8.29. The molecular weight excluding hydrogens is 466 g/mol. The molecule has 0 spiro atoms. The van der Waals surface area contributed by atoms with Crippen molar-refractivity contribution in [2.24, 2.45) is 5.92 Å². The summed E-state index contributed by atoms with van der Waals surface area (Å²) in [6.45, 7) is 7.81. The van der Waals surface area contributed by atoms with Crippen LogP contribution in [0.1, 0.15) is 44.1 Å². The zero-order valence-electron chi connectivity index (χ0n) is 19.3. The maximum absolute atomic E-state index is 12.7. The summed E-state index contributed by atoms with van der Waals surface area (Å²) in [6, 6.07) is 6.28. The number of sulfonamides is 1. The quantitative estimate of drug-likeness (QED) is 0.611. The Morgan fingerprint density at radius 3 is 2.39 bits per heavy atom. The van der Waals surface area contributed by atoms with E-state index in [4.69, 9.17) is 11.6 Å². The Morgan fingerprint density at radius 2 is 1.85 bits per heavy atom. The van der Waals surface area contributed by atoms with Gasteiger partial charge in [0.25, 0.3) is 0 Å². The van der Waals surface area contributed by atoms with Gasteiger partial charge in [-0.3, -0.25) is 14.3 Å². The number of hydrogen-bond donors (Lipinski definition) is 2.